The zero-order valence-electron chi connectivity index (χ0n) is 7.16. The van der Waals surface area contributed by atoms with Gasteiger partial charge in [-0.1, -0.05) is 11.6 Å². The Kier molecular flexibility index (Phi) is 3.14. The highest BCUT2D eigenvalue weighted by Gasteiger charge is 2.09. The molecule has 0 aliphatic carbocycles. The summed E-state index contributed by atoms with van der Waals surface area (Å²) < 4.78 is 5.20. The van der Waals surface area contributed by atoms with Crippen molar-refractivity contribution in [1.82, 2.24) is 0 Å². The number of amides is 1. The molecule has 13 heavy (non-hydrogen) atoms. The van der Waals surface area contributed by atoms with Crippen molar-refractivity contribution in [2.45, 2.75) is 13.0 Å². The maximum absolute atomic E-state index is 10.6. The van der Waals surface area contributed by atoms with Gasteiger partial charge in [-0.2, -0.15) is 0 Å². The molecule has 0 heterocycles. The van der Waals surface area contributed by atoms with E-state index in [1.165, 1.54) is 0 Å². The summed E-state index contributed by atoms with van der Waals surface area (Å²) >= 11 is 5.66. The van der Waals surface area contributed by atoms with E-state index < -0.39 is 12.0 Å². The molecule has 0 unspecified atom stereocenters. The molecule has 0 bridgehead atoms. The molecule has 1 aromatic rings. The second kappa shape index (κ2) is 4.14. The summed E-state index contributed by atoms with van der Waals surface area (Å²) in [5, 5.41) is 0.624. The Labute approximate surface area is 81.4 Å². The molecule has 0 spiro atoms. The van der Waals surface area contributed by atoms with Gasteiger partial charge in [0.2, 0.25) is 0 Å². The van der Waals surface area contributed by atoms with Gasteiger partial charge in [0.15, 0.2) is 6.10 Å². The first-order valence-corrected chi connectivity index (χ1v) is 4.19. The fourth-order valence-electron chi connectivity index (χ4n) is 0.775. The molecule has 0 aliphatic rings. The number of ether oxygens (including phenoxy) is 1. The zero-order chi connectivity index (χ0) is 9.84. The summed E-state index contributed by atoms with van der Waals surface area (Å²) in [7, 11) is 0. The van der Waals surface area contributed by atoms with Gasteiger partial charge < -0.3 is 10.5 Å². The fourth-order valence-corrected chi connectivity index (χ4v) is 0.901. The number of hydrogen-bond acceptors (Lipinski definition) is 2. The number of nitrogens with two attached hydrogens (primary N) is 1. The van der Waals surface area contributed by atoms with Gasteiger partial charge >= 0.3 is 0 Å². The van der Waals surface area contributed by atoms with E-state index in [1.807, 2.05) is 0 Å². The molecule has 0 saturated heterocycles. The number of hydrogen-bond donors (Lipinski definition) is 1. The van der Waals surface area contributed by atoms with Crippen LogP contribution in [0.25, 0.3) is 0 Å². The highest BCUT2D eigenvalue weighted by atomic mass is 35.5. The third kappa shape index (κ3) is 2.95. The third-order valence-electron chi connectivity index (χ3n) is 1.53. The number of primary amides is 1. The van der Waals surface area contributed by atoms with Crippen LogP contribution in [-0.4, -0.2) is 12.0 Å². The van der Waals surface area contributed by atoms with Crippen LogP contribution in [0.4, 0.5) is 0 Å². The molecule has 0 radical (unpaired) electrons. The lowest BCUT2D eigenvalue weighted by molar-refractivity contribution is -0.123. The Balaban J connectivity index is 2.64. The Hall–Kier alpha value is -1.22. The maximum atomic E-state index is 10.6. The number of halogens is 1. The van der Waals surface area contributed by atoms with Gasteiger partial charge in [0.1, 0.15) is 5.75 Å². The van der Waals surface area contributed by atoms with Crippen molar-refractivity contribution in [3.63, 3.8) is 0 Å². The van der Waals surface area contributed by atoms with Crippen LogP contribution in [0.3, 0.4) is 0 Å². The molecule has 0 fully saturated rings. The van der Waals surface area contributed by atoms with Crippen molar-refractivity contribution in [3.8, 4) is 5.75 Å². The molecular formula is C9H10ClNO2. The Morgan fingerprint density at radius 2 is 2.00 bits per heavy atom. The minimum Gasteiger partial charge on any atom is -0.481 e. The van der Waals surface area contributed by atoms with E-state index in [-0.39, 0.29) is 0 Å². The predicted molar refractivity (Wildman–Crippen MR) is 50.7 cm³/mol. The number of rotatable bonds is 3. The van der Waals surface area contributed by atoms with Gasteiger partial charge in [-0.05, 0) is 31.2 Å². The van der Waals surface area contributed by atoms with Crippen LogP contribution in [0.1, 0.15) is 6.92 Å². The summed E-state index contributed by atoms with van der Waals surface area (Å²) in [5.74, 6) is 0.0886. The third-order valence-corrected chi connectivity index (χ3v) is 1.78. The van der Waals surface area contributed by atoms with Gasteiger partial charge in [0.25, 0.3) is 5.91 Å². The lowest BCUT2D eigenvalue weighted by Gasteiger charge is -2.10. The molecule has 70 valence electrons. The molecule has 0 aliphatic heterocycles. The maximum Gasteiger partial charge on any atom is 0.258 e. The van der Waals surface area contributed by atoms with Crippen LogP contribution in [0.2, 0.25) is 5.02 Å². The Morgan fingerprint density at radius 3 is 2.46 bits per heavy atom. The molecule has 0 aromatic heterocycles. The molecule has 1 atom stereocenters. The number of carbonyl (C=O) groups is 1. The van der Waals surface area contributed by atoms with E-state index >= 15 is 0 Å². The average molecular weight is 200 g/mol. The summed E-state index contributed by atoms with van der Waals surface area (Å²) in [4.78, 5) is 10.6. The number of carbonyl (C=O) groups excluding carboxylic acids is 1. The van der Waals surface area contributed by atoms with Gasteiger partial charge in [0.05, 0.1) is 0 Å². The van der Waals surface area contributed by atoms with Gasteiger partial charge in [0, 0.05) is 5.02 Å². The molecule has 3 nitrogen and oxygen atoms in total. The zero-order valence-corrected chi connectivity index (χ0v) is 7.91. The van der Waals surface area contributed by atoms with Crippen LogP contribution in [0.5, 0.6) is 5.75 Å². The molecule has 1 rings (SSSR count). The Morgan fingerprint density at radius 1 is 1.46 bits per heavy atom. The van der Waals surface area contributed by atoms with E-state index in [2.05, 4.69) is 0 Å². The van der Waals surface area contributed by atoms with Crippen molar-refractivity contribution in [3.05, 3.63) is 29.3 Å². The first-order chi connectivity index (χ1) is 6.09. The fraction of sp³-hybridized carbons (Fsp3) is 0.222. The van der Waals surface area contributed by atoms with Crippen molar-refractivity contribution < 1.29 is 9.53 Å². The molecule has 2 N–H and O–H groups in total. The van der Waals surface area contributed by atoms with Crippen molar-refractivity contribution in [2.24, 2.45) is 5.73 Å². The molecule has 1 amide bonds. The van der Waals surface area contributed by atoms with Gasteiger partial charge in [-0.25, -0.2) is 0 Å². The van der Waals surface area contributed by atoms with Crippen molar-refractivity contribution in [1.29, 1.82) is 0 Å². The van der Waals surface area contributed by atoms with Crippen LogP contribution in [0, 0.1) is 0 Å². The van der Waals surface area contributed by atoms with Crippen LogP contribution < -0.4 is 10.5 Å². The molecule has 4 heteroatoms. The van der Waals surface area contributed by atoms with Gasteiger partial charge in [-0.15, -0.1) is 0 Å². The van der Waals surface area contributed by atoms with Crippen molar-refractivity contribution in [2.75, 3.05) is 0 Å². The highest BCUT2D eigenvalue weighted by molar-refractivity contribution is 6.30. The van der Waals surface area contributed by atoms with Crippen LogP contribution in [0.15, 0.2) is 24.3 Å². The van der Waals surface area contributed by atoms with E-state index in [0.717, 1.165) is 0 Å². The lowest BCUT2D eigenvalue weighted by atomic mass is 10.3. The summed E-state index contributed by atoms with van der Waals surface area (Å²) in [6.07, 6.45) is -0.624. The van der Waals surface area contributed by atoms with Crippen LogP contribution >= 0.6 is 11.6 Å². The smallest absolute Gasteiger partial charge is 0.258 e. The van der Waals surface area contributed by atoms with E-state index in [1.54, 1.807) is 31.2 Å². The first-order valence-electron chi connectivity index (χ1n) is 3.81. The van der Waals surface area contributed by atoms with E-state index in [9.17, 15) is 4.79 Å². The second-order valence-electron chi connectivity index (χ2n) is 2.62. The SMILES string of the molecule is C[C@H](Oc1ccc(Cl)cc1)C(N)=O. The van der Waals surface area contributed by atoms with E-state index in [0.29, 0.717) is 10.8 Å². The highest BCUT2D eigenvalue weighted by Crippen LogP contribution is 2.16. The lowest BCUT2D eigenvalue weighted by Crippen LogP contribution is -2.30. The quantitative estimate of drug-likeness (QED) is 0.804. The minimum atomic E-state index is -0.624. The Bertz CT molecular complexity index is 297. The largest absolute Gasteiger partial charge is 0.481 e. The first kappa shape index (κ1) is 9.86. The van der Waals surface area contributed by atoms with E-state index in [4.69, 9.17) is 22.1 Å². The standard InChI is InChI=1S/C9H10ClNO2/c1-6(9(11)12)13-8-4-2-7(10)3-5-8/h2-6H,1H3,(H2,11,12)/t6-/m0/s1. The summed E-state index contributed by atoms with van der Waals surface area (Å²) in [5.41, 5.74) is 5.02. The molecule has 0 saturated carbocycles. The van der Waals surface area contributed by atoms with Gasteiger partial charge in [-0.3, -0.25) is 4.79 Å². The van der Waals surface area contributed by atoms with Crippen LogP contribution in [-0.2, 0) is 4.79 Å². The summed E-state index contributed by atoms with van der Waals surface area (Å²) in [6.45, 7) is 1.59. The number of benzene rings is 1. The predicted octanol–water partition coefficient (Wildman–Crippen LogP) is 1.59. The minimum absolute atomic E-state index is 0.491. The molecule has 1 aromatic carbocycles. The normalized spacial score (nSPS) is 12.2. The topological polar surface area (TPSA) is 52.3 Å². The average Bonchev–Trinajstić information content (AvgIpc) is 2.08. The monoisotopic (exact) mass is 199 g/mol. The summed E-state index contributed by atoms with van der Waals surface area (Å²) in [6, 6.07) is 6.73. The molecular weight excluding hydrogens is 190 g/mol. The van der Waals surface area contributed by atoms with Crippen molar-refractivity contribution >= 4 is 17.5 Å². The second-order valence-corrected chi connectivity index (χ2v) is 3.05.